The van der Waals surface area contributed by atoms with Crippen molar-refractivity contribution in [1.82, 2.24) is 0 Å². The summed E-state index contributed by atoms with van der Waals surface area (Å²) in [4.78, 5) is 0. The predicted octanol–water partition coefficient (Wildman–Crippen LogP) is 1.17. The topological polar surface area (TPSA) is 47.9 Å². The largest absolute Gasteiger partial charge is 0.394 e. The standard InChI is InChI=1S/C11H22O4/c1-7-9(15-11(2,3)4)8(6-12)14-10(7)13-5/h7-10,12H,6H2,1-5H3. The fraction of sp³-hybridized carbons (Fsp3) is 1.00. The lowest BCUT2D eigenvalue weighted by atomic mass is 10.0. The van der Waals surface area contributed by atoms with Gasteiger partial charge in [0.05, 0.1) is 18.3 Å². The van der Waals surface area contributed by atoms with E-state index < -0.39 is 0 Å². The van der Waals surface area contributed by atoms with Gasteiger partial charge in [-0.1, -0.05) is 6.92 Å². The summed E-state index contributed by atoms with van der Waals surface area (Å²) in [5.41, 5.74) is -0.238. The minimum absolute atomic E-state index is 0.0368. The number of hydrogen-bond acceptors (Lipinski definition) is 4. The summed E-state index contributed by atoms with van der Waals surface area (Å²) in [6.07, 6.45) is -0.682. The van der Waals surface area contributed by atoms with E-state index in [4.69, 9.17) is 14.2 Å². The van der Waals surface area contributed by atoms with E-state index in [0.717, 1.165) is 0 Å². The van der Waals surface area contributed by atoms with Gasteiger partial charge in [0.15, 0.2) is 6.29 Å². The highest BCUT2D eigenvalue weighted by Gasteiger charge is 2.44. The smallest absolute Gasteiger partial charge is 0.162 e. The van der Waals surface area contributed by atoms with Crippen molar-refractivity contribution in [2.75, 3.05) is 13.7 Å². The van der Waals surface area contributed by atoms with E-state index in [1.165, 1.54) is 0 Å². The summed E-state index contributed by atoms with van der Waals surface area (Å²) in [5, 5.41) is 9.20. The van der Waals surface area contributed by atoms with Crippen molar-refractivity contribution in [2.24, 2.45) is 5.92 Å². The molecule has 0 aromatic rings. The molecule has 0 radical (unpaired) electrons. The molecule has 0 amide bonds. The van der Waals surface area contributed by atoms with Gasteiger partial charge < -0.3 is 19.3 Å². The Bertz CT molecular complexity index is 197. The van der Waals surface area contributed by atoms with Crippen LogP contribution in [0, 0.1) is 5.92 Å². The van der Waals surface area contributed by atoms with Gasteiger partial charge in [0.1, 0.15) is 6.10 Å². The molecule has 1 saturated heterocycles. The highest BCUT2D eigenvalue weighted by molar-refractivity contribution is 4.87. The van der Waals surface area contributed by atoms with Gasteiger partial charge >= 0.3 is 0 Å². The third-order valence-electron chi connectivity index (χ3n) is 2.52. The van der Waals surface area contributed by atoms with Crippen LogP contribution in [0.5, 0.6) is 0 Å². The van der Waals surface area contributed by atoms with E-state index in [1.54, 1.807) is 7.11 Å². The number of ether oxygens (including phenoxy) is 3. The molecule has 4 atom stereocenters. The maximum Gasteiger partial charge on any atom is 0.162 e. The quantitative estimate of drug-likeness (QED) is 0.772. The van der Waals surface area contributed by atoms with Crippen LogP contribution in [-0.4, -0.2) is 42.9 Å². The van der Waals surface area contributed by atoms with E-state index in [9.17, 15) is 5.11 Å². The zero-order valence-electron chi connectivity index (χ0n) is 10.2. The first-order valence-corrected chi connectivity index (χ1v) is 5.36. The van der Waals surface area contributed by atoms with Gasteiger partial charge in [0.2, 0.25) is 0 Å². The van der Waals surface area contributed by atoms with E-state index in [0.29, 0.717) is 0 Å². The van der Waals surface area contributed by atoms with Crippen molar-refractivity contribution in [3.8, 4) is 0 Å². The summed E-state index contributed by atoms with van der Waals surface area (Å²) in [5.74, 6) is 0.131. The van der Waals surface area contributed by atoms with Crippen LogP contribution in [-0.2, 0) is 14.2 Å². The van der Waals surface area contributed by atoms with Crippen LogP contribution in [0.15, 0.2) is 0 Å². The van der Waals surface area contributed by atoms with Gasteiger partial charge in [-0.15, -0.1) is 0 Å². The van der Waals surface area contributed by atoms with Crippen LogP contribution in [0.25, 0.3) is 0 Å². The minimum Gasteiger partial charge on any atom is -0.394 e. The summed E-state index contributed by atoms with van der Waals surface area (Å²) in [6.45, 7) is 7.96. The van der Waals surface area contributed by atoms with Crippen molar-refractivity contribution in [2.45, 2.75) is 51.8 Å². The van der Waals surface area contributed by atoms with Gasteiger partial charge in [-0.25, -0.2) is 0 Å². The van der Waals surface area contributed by atoms with Crippen LogP contribution >= 0.6 is 0 Å². The zero-order valence-corrected chi connectivity index (χ0v) is 10.2. The molecule has 0 aliphatic carbocycles. The Kier molecular flexibility index (Phi) is 4.12. The molecule has 90 valence electrons. The molecular weight excluding hydrogens is 196 g/mol. The zero-order chi connectivity index (χ0) is 11.6. The number of rotatable bonds is 3. The second-order valence-electron chi connectivity index (χ2n) is 5.02. The lowest BCUT2D eigenvalue weighted by Gasteiger charge is -2.29. The van der Waals surface area contributed by atoms with Crippen LogP contribution in [0.1, 0.15) is 27.7 Å². The molecule has 1 heterocycles. The Morgan fingerprint density at radius 2 is 1.93 bits per heavy atom. The monoisotopic (exact) mass is 218 g/mol. The van der Waals surface area contributed by atoms with Gasteiger partial charge in [-0.3, -0.25) is 0 Å². The first-order valence-electron chi connectivity index (χ1n) is 5.36. The summed E-state index contributed by atoms with van der Waals surface area (Å²) in [7, 11) is 1.61. The Morgan fingerprint density at radius 3 is 2.33 bits per heavy atom. The van der Waals surface area contributed by atoms with Crippen LogP contribution in [0.4, 0.5) is 0 Å². The normalized spacial score (nSPS) is 37.2. The van der Waals surface area contributed by atoms with Crippen molar-refractivity contribution >= 4 is 0 Å². The number of methoxy groups -OCH3 is 1. The summed E-state index contributed by atoms with van der Waals surface area (Å²) < 4.78 is 16.6. The minimum atomic E-state index is -0.288. The molecule has 0 bridgehead atoms. The summed E-state index contributed by atoms with van der Waals surface area (Å²) in [6, 6.07) is 0. The third kappa shape index (κ3) is 3.14. The number of hydrogen-bond donors (Lipinski definition) is 1. The van der Waals surface area contributed by atoms with Crippen molar-refractivity contribution in [1.29, 1.82) is 0 Å². The molecule has 4 heteroatoms. The fourth-order valence-corrected chi connectivity index (χ4v) is 1.88. The van der Waals surface area contributed by atoms with Gasteiger partial charge in [0, 0.05) is 13.0 Å². The van der Waals surface area contributed by atoms with Crippen molar-refractivity contribution in [3.05, 3.63) is 0 Å². The van der Waals surface area contributed by atoms with Crippen LogP contribution in [0.2, 0.25) is 0 Å². The third-order valence-corrected chi connectivity index (χ3v) is 2.52. The van der Waals surface area contributed by atoms with E-state index >= 15 is 0 Å². The van der Waals surface area contributed by atoms with Gasteiger partial charge in [0.25, 0.3) is 0 Å². The van der Waals surface area contributed by atoms with Crippen molar-refractivity contribution < 1.29 is 19.3 Å². The second-order valence-corrected chi connectivity index (χ2v) is 5.02. The molecule has 4 unspecified atom stereocenters. The molecule has 15 heavy (non-hydrogen) atoms. The highest BCUT2D eigenvalue weighted by Crippen LogP contribution is 2.32. The first kappa shape index (κ1) is 12.9. The van der Waals surface area contributed by atoms with Crippen LogP contribution in [0.3, 0.4) is 0 Å². The van der Waals surface area contributed by atoms with Gasteiger partial charge in [-0.05, 0) is 20.8 Å². The first-order chi connectivity index (χ1) is 6.89. The van der Waals surface area contributed by atoms with Gasteiger partial charge in [-0.2, -0.15) is 0 Å². The maximum absolute atomic E-state index is 9.20. The average Bonchev–Trinajstić information content (AvgIpc) is 2.42. The fourth-order valence-electron chi connectivity index (χ4n) is 1.88. The van der Waals surface area contributed by atoms with E-state index in [2.05, 4.69) is 0 Å². The van der Waals surface area contributed by atoms with E-state index in [-0.39, 0.29) is 36.6 Å². The Hall–Kier alpha value is -0.160. The Labute approximate surface area is 91.5 Å². The molecule has 1 aliphatic rings. The van der Waals surface area contributed by atoms with Crippen LogP contribution < -0.4 is 0 Å². The second kappa shape index (κ2) is 4.78. The molecule has 1 N–H and O–H groups in total. The SMILES string of the molecule is COC1OC(CO)C(OC(C)(C)C)C1C. The van der Waals surface area contributed by atoms with Crippen molar-refractivity contribution in [3.63, 3.8) is 0 Å². The molecular formula is C11H22O4. The highest BCUT2D eigenvalue weighted by atomic mass is 16.7. The Morgan fingerprint density at radius 1 is 1.33 bits per heavy atom. The summed E-state index contributed by atoms with van der Waals surface area (Å²) >= 11 is 0. The lowest BCUT2D eigenvalue weighted by molar-refractivity contribution is -0.141. The molecule has 1 fully saturated rings. The number of aliphatic hydroxyl groups excluding tert-OH is 1. The van der Waals surface area contributed by atoms with E-state index in [1.807, 2.05) is 27.7 Å². The molecule has 1 aliphatic heterocycles. The molecule has 4 nitrogen and oxygen atoms in total. The molecule has 0 aromatic carbocycles. The average molecular weight is 218 g/mol. The Balaban J connectivity index is 2.67. The predicted molar refractivity (Wildman–Crippen MR) is 56.5 cm³/mol. The molecule has 0 aromatic heterocycles. The molecule has 1 rings (SSSR count). The molecule has 0 saturated carbocycles. The molecule has 0 spiro atoms. The maximum atomic E-state index is 9.20. The lowest BCUT2D eigenvalue weighted by Crippen LogP contribution is -2.38. The number of aliphatic hydroxyl groups is 1.